The van der Waals surface area contributed by atoms with Crippen molar-refractivity contribution in [2.45, 2.75) is 50.4 Å². The van der Waals surface area contributed by atoms with E-state index < -0.39 is 41.5 Å². The molecular weight excluding hydrogens is 408 g/mol. The number of benzene rings is 2. The van der Waals surface area contributed by atoms with Gasteiger partial charge in [-0.05, 0) is 37.8 Å². The van der Waals surface area contributed by atoms with Crippen molar-refractivity contribution in [3.05, 3.63) is 35.4 Å². The summed E-state index contributed by atoms with van der Waals surface area (Å²) >= 11 is 0. The maximum Gasteiger partial charge on any atom is 0.309 e. The Hall–Kier alpha value is -3.33. The molecule has 1 saturated carbocycles. The van der Waals surface area contributed by atoms with Gasteiger partial charge in [0.2, 0.25) is 0 Å². The normalized spacial score (nSPS) is 25.3. The van der Waals surface area contributed by atoms with Gasteiger partial charge in [0.1, 0.15) is 23.4 Å². The van der Waals surface area contributed by atoms with Crippen LogP contribution in [-0.4, -0.2) is 48.8 Å². The second-order valence-corrected chi connectivity index (χ2v) is 8.07. The first-order valence-corrected chi connectivity index (χ1v) is 10.1. The van der Waals surface area contributed by atoms with Gasteiger partial charge in [0.05, 0.1) is 12.0 Å². The van der Waals surface area contributed by atoms with Gasteiger partial charge in [-0.3, -0.25) is 4.79 Å². The quantitative estimate of drug-likeness (QED) is 0.316. The predicted molar refractivity (Wildman–Crippen MR) is 106 cm³/mol. The monoisotopic (exact) mass is 432 g/mol. The molecule has 9 heteroatoms. The van der Waals surface area contributed by atoms with Crippen LogP contribution in [0.3, 0.4) is 0 Å². The Morgan fingerprint density at radius 3 is 2.19 bits per heavy atom. The van der Waals surface area contributed by atoms with E-state index in [9.17, 15) is 35.4 Å². The van der Waals surface area contributed by atoms with Gasteiger partial charge in [-0.15, -0.1) is 0 Å². The Labute approximate surface area is 177 Å². The SMILES string of the molecule is O=C(O[C@@H]1Cc2c(O)cc(O)cc2O[C@H]1c1cc(O)c(O)c(O)c1)[C@H]1CC[C@H](O)CC1. The standard InChI is InChI=1S/C22H24O9/c23-12-3-1-10(2-4-12)22(29)31-19-9-14-15(25)7-13(24)8-18(14)30-21(19)11-5-16(26)20(28)17(27)6-11/h5-8,10,12,19,21,23-28H,1-4,9H2/t10-,12-,19-,21+/m1/s1. The molecule has 0 aromatic heterocycles. The molecule has 0 unspecified atom stereocenters. The predicted octanol–water partition coefficient (Wildman–Crippen LogP) is 2.35. The lowest BCUT2D eigenvalue weighted by molar-refractivity contribution is -0.162. The largest absolute Gasteiger partial charge is 0.508 e. The number of fused-ring (bicyclic) bond motifs is 1. The Balaban J connectivity index is 1.66. The molecule has 6 N–H and O–H groups in total. The number of ether oxygens (including phenoxy) is 2. The number of hydrogen-bond acceptors (Lipinski definition) is 9. The molecule has 4 rings (SSSR count). The third-order valence-electron chi connectivity index (χ3n) is 5.89. The van der Waals surface area contributed by atoms with Crippen molar-refractivity contribution in [1.82, 2.24) is 0 Å². The number of phenols is 5. The lowest BCUT2D eigenvalue weighted by Crippen LogP contribution is -2.37. The molecule has 9 nitrogen and oxygen atoms in total. The molecule has 31 heavy (non-hydrogen) atoms. The first-order valence-electron chi connectivity index (χ1n) is 10.1. The highest BCUT2D eigenvalue weighted by Gasteiger charge is 2.38. The average Bonchev–Trinajstić information content (AvgIpc) is 2.72. The van der Waals surface area contributed by atoms with Crippen molar-refractivity contribution in [1.29, 1.82) is 0 Å². The molecule has 2 atom stereocenters. The minimum atomic E-state index is -0.982. The van der Waals surface area contributed by atoms with Gasteiger partial charge >= 0.3 is 5.97 Å². The number of esters is 1. The highest BCUT2D eigenvalue weighted by Crippen LogP contribution is 2.45. The summed E-state index contributed by atoms with van der Waals surface area (Å²) in [6.45, 7) is 0. The number of aromatic hydroxyl groups is 5. The van der Waals surface area contributed by atoms with Crippen molar-refractivity contribution >= 4 is 5.97 Å². The van der Waals surface area contributed by atoms with Crippen LogP contribution in [0.2, 0.25) is 0 Å². The van der Waals surface area contributed by atoms with Crippen LogP contribution in [0.15, 0.2) is 24.3 Å². The molecule has 0 saturated heterocycles. The number of rotatable bonds is 3. The first kappa shape index (κ1) is 20.9. The highest BCUT2D eigenvalue weighted by molar-refractivity contribution is 5.73. The Morgan fingerprint density at radius 2 is 1.55 bits per heavy atom. The molecule has 0 amide bonds. The second-order valence-electron chi connectivity index (χ2n) is 8.07. The first-order chi connectivity index (χ1) is 14.7. The van der Waals surface area contributed by atoms with Crippen molar-refractivity contribution in [3.63, 3.8) is 0 Å². The molecule has 166 valence electrons. The lowest BCUT2D eigenvalue weighted by atomic mass is 9.87. The third kappa shape index (κ3) is 4.13. The Morgan fingerprint density at radius 1 is 0.903 bits per heavy atom. The minimum absolute atomic E-state index is 0.0651. The summed E-state index contributed by atoms with van der Waals surface area (Å²) in [7, 11) is 0. The van der Waals surface area contributed by atoms with E-state index in [4.69, 9.17) is 9.47 Å². The molecule has 2 aromatic rings. The lowest BCUT2D eigenvalue weighted by Gasteiger charge is -2.35. The molecule has 0 spiro atoms. The van der Waals surface area contributed by atoms with E-state index >= 15 is 0 Å². The van der Waals surface area contributed by atoms with E-state index in [1.165, 1.54) is 18.2 Å². The van der Waals surface area contributed by atoms with Crippen LogP contribution in [0, 0.1) is 5.92 Å². The van der Waals surface area contributed by atoms with Crippen LogP contribution >= 0.6 is 0 Å². The maximum absolute atomic E-state index is 12.8. The zero-order valence-corrected chi connectivity index (χ0v) is 16.6. The van der Waals surface area contributed by atoms with Gasteiger partial charge in [-0.2, -0.15) is 0 Å². The van der Waals surface area contributed by atoms with Crippen LogP contribution in [0.1, 0.15) is 42.9 Å². The number of phenolic OH excluding ortho intramolecular Hbond substituents is 5. The molecule has 1 heterocycles. The number of carbonyl (C=O) groups excluding carboxylic acids is 1. The van der Waals surface area contributed by atoms with Gasteiger partial charge < -0.3 is 40.1 Å². The number of aliphatic hydroxyl groups is 1. The van der Waals surface area contributed by atoms with E-state index in [0.717, 1.165) is 6.07 Å². The Kier molecular flexibility index (Phi) is 5.45. The molecule has 1 aliphatic heterocycles. The summed E-state index contributed by atoms with van der Waals surface area (Å²) in [6, 6.07) is 4.83. The fourth-order valence-electron chi connectivity index (χ4n) is 4.18. The molecule has 0 radical (unpaired) electrons. The second kappa shape index (κ2) is 8.07. The van der Waals surface area contributed by atoms with E-state index in [2.05, 4.69) is 0 Å². The van der Waals surface area contributed by atoms with E-state index in [1.54, 1.807) is 0 Å². The summed E-state index contributed by atoms with van der Waals surface area (Å²) in [4.78, 5) is 12.8. The van der Waals surface area contributed by atoms with Crippen LogP contribution in [0.5, 0.6) is 34.5 Å². The smallest absolute Gasteiger partial charge is 0.309 e. The fourth-order valence-corrected chi connectivity index (χ4v) is 4.18. The molecule has 0 bridgehead atoms. The van der Waals surface area contributed by atoms with Gasteiger partial charge in [-0.25, -0.2) is 0 Å². The summed E-state index contributed by atoms with van der Waals surface area (Å²) in [5.41, 5.74) is 0.580. The molecule has 1 aliphatic carbocycles. The topological polar surface area (TPSA) is 157 Å². The summed E-state index contributed by atoms with van der Waals surface area (Å²) in [5.74, 6) is -2.94. The van der Waals surface area contributed by atoms with Crippen molar-refractivity contribution in [3.8, 4) is 34.5 Å². The fraction of sp³-hybridized carbons (Fsp3) is 0.409. The van der Waals surface area contributed by atoms with Crippen molar-refractivity contribution < 1.29 is 44.9 Å². The van der Waals surface area contributed by atoms with Crippen LogP contribution in [0.4, 0.5) is 0 Å². The van der Waals surface area contributed by atoms with Crippen LogP contribution < -0.4 is 4.74 Å². The summed E-state index contributed by atoms with van der Waals surface area (Å²) in [5, 5.41) is 59.2. The summed E-state index contributed by atoms with van der Waals surface area (Å²) in [6.07, 6.45) is -0.247. The zero-order valence-electron chi connectivity index (χ0n) is 16.6. The molecule has 2 aliphatic rings. The highest BCUT2D eigenvalue weighted by atomic mass is 16.6. The van der Waals surface area contributed by atoms with E-state index in [1.807, 2.05) is 0 Å². The number of aliphatic hydroxyl groups excluding tert-OH is 1. The van der Waals surface area contributed by atoms with E-state index in [0.29, 0.717) is 31.2 Å². The third-order valence-corrected chi connectivity index (χ3v) is 5.89. The number of hydrogen-bond donors (Lipinski definition) is 6. The number of carbonyl (C=O) groups is 1. The minimum Gasteiger partial charge on any atom is -0.508 e. The van der Waals surface area contributed by atoms with Crippen molar-refractivity contribution in [2.24, 2.45) is 5.92 Å². The average molecular weight is 432 g/mol. The Bertz CT molecular complexity index is 972. The molecule has 1 fully saturated rings. The maximum atomic E-state index is 12.8. The van der Waals surface area contributed by atoms with Crippen molar-refractivity contribution in [2.75, 3.05) is 0 Å². The zero-order chi connectivity index (χ0) is 22.3. The van der Waals surface area contributed by atoms with Crippen LogP contribution in [0.25, 0.3) is 0 Å². The van der Waals surface area contributed by atoms with Gasteiger partial charge in [-0.1, -0.05) is 0 Å². The van der Waals surface area contributed by atoms with Crippen LogP contribution in [-0.2, 0) is 16.0 Å². The van der Waals surface area contributed by atoms with Gasteiger partial charge in [0.15, 0.2) is 23.4 Å². The van der Waals surface area contributed by atoms with Gasteiger partial charge in [0, 0.05) is 29.7 Å². The summed E-state index contributed by atoms with van der Waals surface area (Å²) < 4.78 is 11.6. The van der Waals surface area contributed by atoms with Gasteiger partial charge in [0.25, 0.3) is 0 Å². The van der Waals surface area contributed by atoms with E-state index in [-0.39, 0.29) is 35.2 Å². The molecule has 2 aromatic carbocycles. The molecular formula is C22H24O9.